The molecule has 2 nitrogen and oxygen atoms in total. The molecule has 6 rings (SSSR count). The van der Waals surface area contributed by atoms with Crippen LogP contribution < -0.4 is 16.5 Å². The number of benzene rings is 3. The standard InChI is InChI=1S/C34H31BN2/c1-22-9-12-30-29(18-22)28-11-10-25(21-31(28)35(30)33-19-23(2)13-15-37-33)26-16-24(3)17-27(20-26)34(4,5)32-8-6-7-14-36-32/h6-21H,1-5H3. The van der Waals surface area contributed by atoms with Crippen molar-refractivity contribution in [3.8, 4) is 22.3 Å². The molecule has 1 aliphatic heterocycles. The molecule has 0 bridgehead atoms. The number of hydrogen-bond donors (Lipinski definition) is 0. The fraction of sp³-hybridized carbons (Fsp3) is 0.176. The Morgan fingerprint density at radius 3 is 2.22 bits per heavy atom. The van der Waals surface area contributed by atoms with Crippen LogP contribution in [-0.4, -0.2) is 16.7 Å². The van der Waals surface area contributed by atoms with E-state index in [2.05, 4.69) is 118 Å². The van der Waals surface area contributed by atoms with E-state index in [1.54, 1.807) is 0 Å². The molecule has 0 aliphatic carbocycles. The average Bonchev–Trinajstić information content (AvgIpc) is 3.21. The van der Waals surface area contributed by atoms with Crippen LogP contribution in [-0.2, 0) is 5.41 Å². The number of fused-ring (bicyclic) bond motifs is 3. The zero-order chi connectivity index (χ0) is 25.7. The molecule has 0 spiro atoms. The number of aromatic nitrogens is 2. The summed E-state index contributed by atoms with van der Waals surface area (Å²) in [5, 5.41) is 0. The van der Waals surface area contributed by atoms with Crippen molar-refractivity contribution in [3.05, 3.63) is 125 Å². The minimum Gasteiger partial charge on any atom is -0.270 e. The Kier molecular flexibility index (Phi) is 5.60. The van der Waals surface area contributed by atoms with Gasteiger partial charge >= 0.3 is 0 Å². The fourth-order valence-electron chi connectivity index (χ4n) is 5.78. The first-order chi connectivity index (χ1) is 17.8. The van der Waals surface area contributed by atoms with Gasteiger partial charge in [0.2, 0.25) is 0 Å². The van der Waals surface area contributed by atoms with Gasteiger partial charge in [-0.3, -0.25) is 9.97 Å². The predicted molar refractivity (Wildman–Crippen MR) is 157 cm³/mol. The maximum atomic E-state index is 4.83. The Balaban J connectivity index is 1.50. The second kappa shape index (κ2) is 8.85. The third-order valence-corrected chi connectivity index (χ3v) is 7.84. The van der Waals surface area contributed by atoms with E-state index in [-0.39, 0.29) is 12.1 Å². The lowest BCUT2D eigenvalue weighted by molar-refractivity contribution is 0.616. The highest BCUT2D eigenvalue weighted by Gasteiger charge is 2.35. The van der Waals surface area contributed by atoms with E-state index >= 15 is 0 Å². The zero-order valence-electron chi connectivity index (χ0n) is 22.2. The first-order valence-electron chi connectivity index (χ1n) is 13.0. The second-order valence-corrected chi connectivity index (χ2v) is 11.0. The van der Waals surface area contributed by atoms with E-state index in [4.69, 9.17) is 4.98 Å². The van der Waals surface area contributed by atoms with Crippen molar-refractivity contribution in [1.82, 2.24) is 9.97 Å². The second-order valence-electron chi connectivity index (χ2n) is 11.0. The lowest BCUT2D eigenvalue weighted by Gasteiger charge is -2.26. The third-order valence-electron chi connectivity index (χ3n) is 7.84. The molecule has 37 heavy (non-hydrogen) atoms. The molecule has 0 atom stereocenters. The van der Waals surface area contributed by atoms with Crippen LogP contribution >= 0.6 is 0 Å². The predicted octanol–water partition coefficient (Wildman–Crippen LogP) is 5.89. The molecule has 0 saturated carbocycles. The van der Waals surface area contributed by atoms with Gasteiger partial charge in [0.25, 0.3) is 6.71 Å². The van der Waals surface area contributed by atoms with Gasteiger partial charge in [-0.2, -0.15) is 0 Å². The Morgan fingerprint density at radius 1 is 0.595 bits per heavy atom. The Morgan fingerprint density at radius 2 is 1.43 bits per heavy atom. The number of nitrogens with zero attached hydrogens (tertiary/aromatic N) is 2. The highest BCUT2D eigenvalue weighted by atomic mass is 14.7. The molecule has 0 N–H and O–H groups in total. The summed E-state index contributed by atoms with van der Waals surface area (Å²) in [7, 11) is 0. The molecule has 3 aromatic carbocycles. The van der Waals surface area contributed by atoms with Crippen LogP contribution in [0, 0.1) is 20.8 Å². The minimum absolute atomic E-state index is 0.139. The summed E-state index contributed by atoms with van der Waals surface area (Å²) in [6, 6.07) is 31.2. The molecule has 3 heteroatoms. The molecule has 0 amide bonds. The zero-order valence-corrected chi connectivity index (χ0v) is 22.2. The van der Waals surface area contributed by atoms with E-state index in [0.717, 1.165) is 11.3 Å². The SMILES string of the molecule is Cc1cc(-c2ccc3c(c2)B(c2cc(C)ccn2)c2ccc(C)cc2-3)cc(C(C)(C)c2ccccn2)c1. The fourth-order valence-corrected chi connectivity index (χ4v) is 5.78. The quantitative estimate of drug-likeness (QED) is 0.295. The minimum atomic E-state index is -0.194. The Bertz CT molecular complexity index is 1640. The molecule has 5 aromatic rings. The molecule has 0 fully saturated rings. The highest BCUT2D eigenvalue weighted by molar-refractivity contribution is 6.98. The van der Waals surface area contributed by atoms with Crippen molar-refractivity contribution in [1.29, 1.82) is 0 Å². The van der Waals surface area contributed by atoms with Crippen LogP contribution in [0.1, 0.15) is 41.8 Å². The summed E-state index contributed by atoms with van der Waals surface area (Å²) in [5.41, 5.74) is 14.9. The first-order valence-corrected chi connectivity index (χ1v) is 13.0. The molecule has 2 aromatic heterocycles. The largest absolute Gasteiger partial charge is 0.270 e. The van der Waals surface area contributed by atoms with Crippen molar-refractivity contribution in [2.75, 3.05) is 0 Å². The summed E-state index contributed by atoms with van der Waals surface area (Å²) < 4.78 is 0. The van der Waals surface area contributed by atoms with E-state index in [1.165, 1.54) is 55.4 Å². The van der Waals surface area contributed by atoms with Crippen molar-refractivity contribution in [2.24, 2.45) is 0 Å². The number of pyridine rings is 2. The molecule has 0 saturated heterocycles. The Labute approximate surface area is 220 Å². The number of rotatable bonds is 4. The van der Waals surface area contributed by atoms with E-state index < -0.39 is 0 Å². The van der Waals surface area contributed by atoms with Crippen molar-refractivity contribution in [3.63, 3.8) is 0 Å². The molecule has 0 radical (unpaired) electrons. The lowest BCUT2D eigenvalue weighted by atomic mass is 9.40. The monoisotopic (exact) mass is 478 g/mol. The molecule has 180 valence electrons. The van der Waals surface area contributed by atoms with Crippen LogP contribution in [0.4, 0.5) is 0 Å². The summed E-state index contributed by atoms with van der Waals surface area (Å²) in [4.78, 5) is 9.51. The summed E-state index contributed by atoms with van der Waals surface area (Å²) in [5.74, 6) is 0. The summed E-state index contributed by atoms with van der Waals surface area (Å²) in [6.45, 7) is 11.2. The van der Waals surface area contributed by atoms with Crippen molar-refractivity contribution in [2.45, 2.75) is 40.0 Å². The summed E-state index contributed by atoms with van der Waals surface area (Å²) in [6.07, 6.45) is 3.82. The van der Waals surface area contributed by atoms with Crippen LogP contribution in [0.15, 0.2) is 97.3 Å². The molecular formula is C34H31BN2. The van der Waals surface area contributed by atoms with Gasteiger partial charge in [0.15, 0.2) is 0 Å². The average molecular weight is 478 g/mol. The highest BCUT2D eigenvalue weighted by Crippen LogP contribution is 2.35. The lowest BCUT2D eigenvalue weighted by Crippen LogP contribution is -2.50. The van der Waals surface area contributed by atoms with Gasteiger partial charge in [-0.1, -0.05) is 96.6 Å². The molecular weight excluding hydrogens is 447 g/mol. The van der Waals surface area contributed by atoms with E-state index in [1.807, 2.05) is 18.5 Å². The van der Waals surface area contributed by atoms with E-state index in [0.29, 0.717) is 0 Å². The molecule has 0 unspecified atom stereocenters. The molecule has 1 aliphatic rings. The van der Waals surface area contributed by atoms with Gasteiger partial charge in [0.05, 0.1) is 5.69 Å². The smallest absolute Gasteiger partial charge is 0.266 e. The van der Waals surface area contributed by atoms with Crippen LogP contribution in [0.5, 0.6) is 0 Å². The topological polar surface area (TPSA) is 25.8 Å². The Hall–Kier alpha value is -3.98. The third kappa shape index (κ3) is 4.09. The van der Waals surface area contributed by atoms with Gasteiger partial charge < -0.3 is 0 Å². The number of aryl methyl sites for hydroxylation is 3. The normalized spacial score (nSPS) is 12.4. The molecule has 3 heterocycles. The maximum absolute atomic E-state index is 4.83. The maximum Gasteiger partial charge on any atom is 0.266 e. The van der Waals surface area contributed by atoms with Gasteiger partial charge in [-0.15, -0.1) is 0 Å². The summed E-state index contributed by atoms with van der Waals surface area (Å²) >= 11 is 0. The van der Waals surface area contributed by atoms with Crippen molar-refractivity contribution < 1.29 is 0 Å². The van der Waals surface area contributed by atoms with Crippen LogP contribution in [0.2, 0.25) is 0 Å². The van der Waals surface area contributed by atoms with E-state index in [9.17, 15) is 0 Å². The van der Waals surface area contributed by atoms with Gasteiger partial charge in [-0.05, 0) is 78.4 Å². The van der Waals surface area contributed by atoms with Crippen LogP contribution in [0.25, 0.3) is 22.3 Å². The first kappa shape index (κ1) is 23.4. The van der Waals surface area contributed by atoms with Gasteiger partial charge in [0.1, 0.15) is 0 Å². The van der Waals surface area contributed by atoms with Crippen LogP contribution in [0.3, 0.4) is 0 Å². The van der Waals surface area contributed by atoms with Gasteiger partial charge in [0, 0.05) is 23.4 Å². The van der Waals surface area contributed by atoms with Crippen molar-refractivity contribution >= 4 is 23.2 Å². The van der Waals surface area contributed by atoms with Gasteiger partial charge in [-0.25, -0.2) is 0 Å². The number of hydrogen-bond acceptors (Lipinski definition) is 2.